The third-order valence-corrected chi connectivity index (χ3v) is 3.27. The highest BCUT2D eigenvalue weighted by molar-refractivity contribution is 5.43. The summed E-state index contributed by atoms with van der Waals surface area (Å²) in [6.45, 7) is 8.03. The summed E-state index contributed by atoms with van der Waals surface area (Å²) in [6.07, 6.45) is 2.50. The Kier molecular flexibility index (Phi) is 4.43. The summed E-state index contributed by atoms with van der Waals surface area (Å²) < 4.78 is 0. The van der Waals surface area contributed by atoms with Crippen LogP contribution in [0.15, 0.2) is 30.3 Å². The van der Waals surface area contributed by atoms with E-state index in [0.29, 0.717) is 6.04 Å². The fourth-order valence-corrected chi connectivity index (χ4v) is 2.45. The zero-order chi connectivity index (χ0) is 12.1. The van der Waals surface area contributed by atoms with Crippen molar-refractivity contribution in [3.8, 4) is 0 Å². The summed E-state index contributed by atoms with van der Waals surface area (Å²) in [5.41, 5.74) is 1.25. The van der Waals surface area contributed by atoms with Crippen LogP contribution in [0.1, 0.15) is 26.7 Å². The first-order chi connectivity index (χ1) is 8.24. The number of rotatable bonds is 4. The van der Waals surface area contributed by atoms with Gasteiger partial charge in [0.05, 0.1) is 0 Å². The molecule has 0 amide bonds. The van der Waals surface area contributed by atoms with Gasteiger partial charge < -0.3 is 10.2 Å². The molecule has 17 heavy (non-hydrogen) atoms. The molecule has 2 nitrogen and oxygen atoms in total. The second-order valence-electron chi connectivity index (χ2n) is 5.27. The first-order valence-corrected chi connectivity index (χ1v) is 6.57. The van der Waals surface area contributed by atoms with Crippen LogP contribution in [0.4, 0.5) is 5.69 Å². The molecule has 1 N–H and O–H groups in total. The predicted molar refractivity (Wildman–Crippen MR) is 74.1 cm³/mol. The Morgan fingerprint density at radius 2 is 1.82 bits per heavy atom. The lowest BCUT2D eigenvalue weighted by Gasteiger charge is -2.33. The number of nitrogens with zero attached hydrogens (tertiary/aromatic N) is 1. The maximum atomic E-state index is 3.62. The van der Waals surface area contributed by atoms with E-state index in [1.165, 1.54) is 37.5 Å². The Labute approximate surface area is 105 Å². The van der Waals surface area contributed by atoms with E-state index in [1.54, 1.807) is 0 Å². The van der Waals surface area contributed by atoms with Crippen molar-refractivity contribution >= 4 is 5.69 Å². The van der Waals surface area contributed by atoms with E-state index in [9.17, 15) is 0 Å². The van der Waals surface area contributed by atoms with Crippen molar-refractivity contribution < 1.29 is 0 Å². The monoisotopic (exact) mass is 231 g/mol. The van der Waals surface area contributed by atoms with Gasteiger partial charge in [-0.25, -0.2) is 0 Å². The summed E-state index contributed by atoms with van der Waals surface area (Å²) >= 11 is 0. The Bertz CT molecular complexity index is 313. The minimum atomic E-state index is 0.644. The second-order valence-corrected chi connectivity index (χ2v) is 5.27. The number of anilines is 1. The lowest BCUT2D eigenvalue weighted by molar-refractivity contribution is 0.227. The Balaban J connectivity index is 1.76. The number of piperidine rings is 1. The molecule has 2 heteroatoms. The van der Waals surface area contributed by atoms with Gasteiger partial charge in [0.15, 0.2) is 0 Å². The largest absolute Gasteiger partial charge is 0.382 e. The standard InChI is InChI=1S/C15H23N2/c1-13(2)12-17-10-8-15(9-11-17)16-14-6-4-3-5-7-14/h3-7,15-16H,8-12H2,1-2H3. The Hall–Kier alpha value is -1.02. The van der Waals surface area contributed by atoms with Crippen LogP contribution < -0.4 is 5.32 Å². The summed E-state index contributed by atoms with van der Waals surface area (Å²) in [4.78, 5) is 2.55. The molecule has 1 fully saturated rings. The van der Waals surface area contributed by atoms with E-state index < -0.39 is 0 Å². The molecule has 1 saturated heterocycles. The molecule has 2 rings (SSSR count). The minimum absolute atomic E-state index is 0.644. The van der Waals surface area contributed by atoms with Crippen molar-refractivity contribution in [2.75, 3.05) is 25.0 Å². The van der Waals surface area contributed by atoms with Gasteiger partial charge in [0, 0.05) is 31.4 Å². The number of hydrogen-bond donors (Lipinski definition) is 1. The highest BCUT2D eigenvalue weighted by atomic mass is 15.1. The highest BCUT2D eigenvalue weighted by Gasteiger charge is 2.19. The summed E-state index contributed by atoms with van der Waals surface area (Å²) in [7, 11) is 0. The predicted octanol–water partition coefficient (Wildman–Crippen LogP) is 3.18. The molecule has 1 aliphatic rings. The summed E-state index contributed by atoms with van der Waals surface area (Å²) in [5.74, 6) is 1.51. The van der Waals surface area contributed by atoms with Crippen molar-refractivity contribution in [3.05, 3.63) is 36.2 Å². The lowest BCUT2D eigenvalue weighted by atomic mass is 10.0. The minimum Gasteiger partial charge on any atom is -0.382 e. The fourth-order valence-electron chi connectivity index (χ4n) is 2.45. The number of para-hydroxylation sites is 1. The second kappa shape index (κ2) is 6.06. The molecular formula is C15H23N2. The average molecular weight is 231 g/mol. The van der Waals surface area contributed by atoms with E-state index in [1.807, 2.05) is 0 Å². The zero-order valence-electron chi connectivity index (χ0n) is 10.9. The number of hydrogen-bond acceptors (Lipinski definition) is 2. The molecule has 1 aromatic carbocycles. The van der Waals surface area contributed by atoms with Crippen molar-refractivity contribution in [2.24, 2.45) is 0 Å². The summed E-state index contributed by atoms with van der Waals surface area (Å²) in [6, 6.07) is 11.2. The van der Waals surface area contributed by atoms with Crippen molar-refractivity contribution in [1.29, 1.82) is 0 Å². The van der Waals surface area contributed by atoms with E-state index in [4.69, 9.17) is 0 Å². The molecule has 0 spiro atoms. The number of nitrogens with one attached hydrogen (secondary N) is 1. The van der Waals surface area contributed by atoms with Gasteiger partial charge in [-0.05, 0) is 30.9 Å². The van der Waals surface area contributed by atoms with Crippen LogP contribution >= 0.6 is 0 Å². The van der Waals surface area contributed by atoms with E-state index in [0.717, 1.165) is 6.54 Å². The number of likely N-dealkylation sites (tertiary alicyclic amines) is 1. The van der Waals surface area contributed by atoms with Crippen LogP contribution in [0.25, 0.3) is 0 Å². The SMILES string of the molecule is C[C](C)CN1CCC(Nc2ccccc2)CC1. The molecule has 0 bridgehead atoms. The first kappa shape index (κ1) is 12.4. The van der Waals surface area contributed by atoms with Crippen LogP contribution in [0.3, 0.4) is 0 Å². The molecule has 0 saturated carbocycles. The summed E-state index contributed by atoms with van der Waals surface area (Å²) in [5, 5.41) is 3.62. The Morgan fingerprint density at radius 1 is 1.18 bits per heavy atom. The molecule has 93 valence electrons. The van der Waals surface area contributed by atoms with Gasteiger partial charge in [0.1, 0.15) is 0 Å². The molecule has 0 atom stereocenters. The molecule has 1 heterocycles. The van der Waals surface area contributed by atoms with Crippen LogP contribution in [0.5, 0.6) is 0 Å². The quantitative estimate of drug-likeness (QED) is 0.856. The third-order valence-electron chi connectivity index (χ3n) is 3.27. The van der Waals surface area contributed by atoms with Gasteiger partial charge in [0.25, 0.3) is 0 Å². The van der Waals surface area contributed by atoms with Gasteiger partial charge in [-0.2, -0.15) is 0 Å². The van der Waals surface area contributed by atoms with E-state index in [2.05, 4.69) is 54.4 Å². The van der Waals surface area contributed by atoms with E-state index in [-0.39, 0.29) is 0 Å². The average Bonchev–Trinajstić information content (AvgIpc) is 2.32. The normalized spacial score (nSPS) is 18.5. The molecule has 0 aliphatic carbocycles. The molecule has 1 aliphatic heterocycles. The zero-order valence-corrected chi connectivity index (χ0v) is 10.9. The van der Waals surface area contributed by atoms with Crippen molar-refractivity contribution in [3.63, 3.8) is 0 Å². The lowest BCUT2D eigenvalue weighted by Crippen LogP contribution is -2.40. The van der Waals surface area contributed by atoms with Gasteiger partial charge in [-0.15, -0.1) is 0 Å². The van der Waals surface area contributed by atoms with E-state index >= 15 is 0 Å². The topological polar surface area (TPSA) is 15.3 Å². The molecule has 1 aromatic rings. The van der Waals surface area contributed by atoms with Crippen molar-refractivity contribution in [2.45, 2.75) is 32.7 Å². The molecular weight excluding hydrogens is 208 g/mol. The first-order valence-electron chi connectivity index (χ1n) is 6.57. The Morgan fingerprint density at radius 3 is 2.41 bits per heavy atom. The molecule has 0 unspecified atom stereocenters. The number of benzene rings is 1. The van der Waals surface area contributed by atoms with Crippen LogP contribution in [-0.4, -0.2) is 30.6 Å². The van der Waals surface area contributed by atoms with Crippen LogP contribution in [0.2, 0.25) is 0 Å². The molecule has 0 aromatic heterocycles. The van der Waals surface area contributed by atoms with Crippen molar-refractivity contribution in [1.82, 2.24) is 4.90 Å². The highest BCUT2D eigenvalue weighted by Crippen LogP contribution is 2.17. The van der Waals surface area contributed by atoms with Gasteiger partial charge >= 0.3 is 0 Å². The van der Waals surface area contributed by atoms with Crippen LogP contribution in [-0.2, 0) is 0 Å². The smallest absolute Gasteiger partial charge is 0.0342 e. The fraction of sp³-hybridized carbons (Fsp3) is 0.533. The maximum absolute atomic E-state index is 3.62. The van der Waals surface area contributed by atoms with Gasteiger partial charge in [-0.3, -0.25) is 0 Å². The van der Waals surface area contributed by atoms with Gasteiger partial charge in [0.2, 0.25) is 0 Å². The van der Waals surface area contributed by atoms with Crippen LogP contribution in [0, 0.1) is 5.92 Å². The molecule has 1 radical (unpaired) electrons. The third kappa shape index (κ3) is 4.04. The van der Waals surface area contributed by atoms with Gasteiger partial charge in [-0.1, -0.05) is 32.0 Å². The maximum Gasteiger partial charge on any atom is 0.0342 e.